The molecule has 0 aromatic heterocycles. The number of nitrogens with zero attached hydrogens (tertiary/aromatic N) is 1. The van der Waals surface area contributed by atoms with Crippen LogP contribution in [0.1, 0.15) is 27.7 Å². The van der Waals surface area contributed by atoms with Crippen molar-refractivity contribution in [2.24, 2.45) is 5.41 Å². The fourth-order valence-electron chi connectivity index (χ4n) is 1.24. The third-order valence-corrected chi connectivity index (χ3v) is 1.76. The van der Waals surface area contributed by atoms with Crippen molar-refractivity contribution in [1.29, 1.82) is 0 Å². The van der Waals surface area contributed by atoms with Gasteiger partial charge in [0.15, 0.2) is 0 Å². The average molecular weight is 173 g/mol. The highest BCUT2D eigenvalue weighted by Gasteiger charge is 2.14. The van der Waals surface area contributed by atoms with Gasteiger partial charge in [-0.3, -0.25) is 0 Å². The third-order valence-electron chi connectivity index (χ3n) is 1.76. The summed E-state index contributed by atoms with van der Waals surface area (Å²) in [6, 6.07) is 0. The van der Waals surface area contributed by atoms with E-state index >= 15 is 0 Å². The highest BCUT2D eigenvalue weighted by molar-refractivity contribution is 4.67. The van der Waals surface area contributed by atoms with Gasteiger partial charge < -0.3 is 9.64 Å². The molecule has 0 amide bonds. The highest BCUT2D eigenvalue weighted by Crippen LogP contribution is 2.14. The van der Waals surface area contributed by atoms with Crippen molar-refractivity contribution in [1.82, 2.24) is 4.90 Å². The zero-order valence-electron chi connectivity index (χ0n) is 9.18. The fourth-order valence-corrected chi connectivity index (χ4v) is 1.24. The van der Waals surface area contributed by atoms with Gasteiger partial charge in [-0.05, 0) is 12.0 Å². The molecule has 0 atom stereocenters. The molecule has 0 radical (unpaired) electrons. The Morgan fingerprint density at radius 1 is 1.25 bits per heavy atom. The van der Waals surface area contributed by atoms with Crippen molar-refractivity contribution in [3.8, 4) is 0 Å². The molecule has 0 spiro atoms. The third kappa shape index (κ3) is 6.62. The molecule has 0 rings (SSSR count). The van der Waals surface area contributed by atoms with Crippen molar-refractivity contribution < 1.29 is 4.74 Å². The second-order valence-corrected chi connectivity index (χ2v) is 4.42. The van der Waals surface area contributed by atoms with E-state index in [4.69, 9.17) is 4.74 Å². The van der Waals surface area contributed by atoms with E-state index in [1.807, 2.05) is 0 Å². The lowest BCUT2D eigenvalue weighted by molar-refractivity contribution is 0.127. The molecule has 0 unspecified atom stereocenters. The van der Waals surface area contributed by atoms with Crippen molar-refractivity contribution in [2.75, 3.05) is 33.4 Å². The topological polar surface area (TPSA) is 12.5 Å². The second kappa shape index (κ2) is 5.55. The van der Waals surface area contributed by atoms with Gasteiger partial charge >= 0.3 is 0 Å². The SMILES string of the molecule is CCN(CCOC)CC(C)(C)C. The van der Waals surface area contributed by atoms with Crippen LogP contribution in [0.5, 0.6) is 0 Å². The average Bonchev–Trinajstić information content (AvgIpc) is 1.95. The summed E-state index contributed by atoms with van der Waals surface area (Å²) in [4.78, 5) is 2.42. The van der Waals surface area contributed by atoms with E-state index in [0.717, 1.165) is 26.2 Å². The molecule has 0 heterocycles. The van der Waals surface area contributed by atoms with Crippen LogP contribution in [0.15, 0.2) is 0 Å². The van der Waals surface area contributed by atoms with Crippen molar-refractivity contribution in [2.45, 2.75) is 27.7 Å². The molecule has 74 valence electrons. The van der Waals surface area contributed by atoms with Gasteiger partial charge in [0, 0.05) is 20.2 Å². The zero-order chi connectivity index (χ0) is 9.61. The van der Waals surface area contributed by atoms with E-state index in [2.05, 4.69) is 32.6 Å². The number of ether oxygens (including phenoxy) is 1. The minimum absolute atomic E-state index is 0.393. The van der Waals surface area contributed by atoms with Crippen LogP contribution in [-0.2, 0) is 4.74 Å². The number of methoxy groups -OCH3 is 1. The molecule has 12 heavy (non-hydrogen) atoms. The van der Waals surface area contributed by atoms with Gasteiger partial charge in [-0.25, -0.2) is 0 Å². The highest BCUT2D eigenvalue weighted by atomic mass is 16.5. The summed E-state index contributed by atoms with van der Waals surface area (Å²) < 4.78 is 5.05. The molecule has 0 saturated carbocycles. The van der Waals surface area contributed by atoms with Crippen molar-refractivity contribution >= 4 is 0 Å². The number of rotatable bonds is 5. The summed E-state index contributed by atoms with van der Waals surface area (Å²) in [5.41, 5.74) is 0.393. The Morgan fingerprint density at radius 2 is 1.83 bits per heavy atom. The van der Waals surface area contributed by atoms with Crippen LogP contribution >= 0.6 is 0 Å². The van der Waals surface area contributed by atoms with E-state index in [0.29, 0.717) is 5.41 Å². The molecule has 2 nitrogen and oxygen atoms in total. The molecule has 0 aliphatic rings. The number of likely N-dealkylation sites (N-methyl/N-ethyl adjacent to an activating group) is 1. The first-order chi connectivity index (χ1) is 5.49. The number of hydrogen-bond donors (Lipinski definition) is 0. The van der Waals surface area contributed by atoms with E-state index < -0.39 is 0 Å². The van der Waals surface area contributed by atoms with Crippen LogP contribution in [0.25, 0.3) is 0 Å². The summed E-state index contributed by atoms with van der Waals surface area (Å²) in [5, 5.41) is 0. The molecule has 0 aliphatic heterocycles. The summed E-state index contributed by atoms with van der Waals surface area (Å²) >= 11 is 0. The molecule has 0 saturated heterocycles. The van der Waals surface area contributed by atoms with Gasteiger partial charge in [-0.15, -0.1) is 0 Å². The van der Waals surface area contributed by atoms with Gasteiger partial charge in [-0.1, -0.05) is 27.7 Å². The Labute approximate surface area is 76.9 Å². The first kappa shape index (κ1) is 11.9. The van der Waals surface area contributed by atoms with Gasteiger partial charge in [0.2, 0.25) is 0 Å². The van der Waals surface area contributed by atoms with Gasteiger partial charge in [-0.2, -0.15) is 0 Å². The summed E-state index contributed by atoms with van der Waals surface area (Å²) in [7, 11) is 1.75. The van der Waals surface area contributed by atoms with Crippen molar-refractivity contribution in [3.63, 3.8) is 0 Å². The molecule has 0 bridgehead atoms. The minimum atomic E-state index is 0.393. The Bertz CT molecular complexity index is 107. The Kier molecular flexibility index (Phi) is 5.51. The predicted molar refractivity (Wildman–Crippen MR) is 53.4 cm³/mol. The monoisotopic (exact) mass is 173 g/mol. The van der Waals surface area contributed by atoms with Gasteiger partial charge in [0.1, 0.15) is 0 Å². The van der Waals surface area contributed by atoms with E-state index in [1.54, 1.807) is 7.11 Å². The molecule has 0 aromatic carbocycles. The molecule has 0 fully saturated rings. The standard InChI is InChI=1S/C10H23NO/c1-6-11(7-8-12-5)9-10(2,3)4/h6-9H2,1-5H3. The lowest BCUT2D eigenvalue weighted by Crippen LogP contribution is -2.34. The van der Waals surface area contributed by atoms with E-state index in [-0.39, 0.29) is 0 Å². The maximum atomic E-state index is 5.05. The Hall–Kier alpha value is -0.0800. The predicted octanol–water partition coefficient (Wildman–Crippen LogP) is 2.00. The summed E-state index contributed by atoms with van der Waals surface area (Å²) in [6.07, 6.45) is 0. The lowest BCUT2D eigenvalue weighted by Gasteiger charge is -2.28. The molecule has 0 N–H and O–H groups in total. The fraction of sp³-hybridized carbons (Fsp3) is 1.00. The van der Waals surface area contributed by atoms with Crippen LogP contribution in [0, 0.1) is 5.41 Å². The normalized spacial score (nSPS) is 12.5. The lowest BCUT2D eigenvalue weighted by atomic mass is 9.96. The first-order valence-electron chi connectivity index (χ1n) is 4.71. The van der Waals surface area contributed by atoms with Crippen LogP contribution in [0.3, 0.4) is 0 Å². The smallest absolute Gasteiger partial charge is 0.0589 e. The molecular formula is C10H23NO. The van der Waals surface area contributed by atoms with Crippen LogP contribution in [0.4, 0.5) is 0 Å². The van der Waals surface area contributed by atoms with Crippen molar-refractivity contribution in [3.05, 3.63) is 0 Å². The Morgan fingerprint density at radius 3 is 2.17 bits per heavy atom. The quantitative estimate of drug-likeness (QED) is 0.630. The zero-order valence-corrected chi connectivity index (χ0v) is 9.18. The van der Waals surface area contributed by atoms with E-state index in [1.165, 1.54) is 0 Å². The Balaban J connectivity index is 3.67. The van der Waals surface area contributed by atoms with Crippen LogP contribution in [-0.4, -0.2) is 38.3 Å². The maximum Gasteiger partial charge on any atom is 0.0589 e. The molecule has 0 aliphatic carbocycles. The molecular weight excluding hydrogens is 150 g/mol. The van der Waals surface area contributed by atoms with Gasteiger partial charge in [0.25, 0.3) is 0 Å². The van der Waals surface area contributed by atoms with Crippen LogP contribution < -0.4 is 0 Å². The molecule has 0 aromatic rings. The minimum Gasteiger partial charge on any atom is -0.383 e. The summed E-state index contributed by atoms with van der Waals surface area (Å²) in [5.74, 6) is 0. The van der Waals surface area contributed by atoms with Gasteiger partial charge in [0.05, 0.1) is 6.61 Å². The first-order valence-corrected chi connectivity index (χ1v) is 4.71. The second-order valence-electron chi connectivity index (χ2n) is 4.42. The largest absolute Gasteiger partial charge is 0.383 e. The maximum absolute atomic E-state index is 5.05. The number of hydrogen-bond acceptors (Lipinski definition) is 2. The van der Waals surface area contributed by atoms with Crippen LogP contribution in [0.2, 0.25) is 0 Å². The summed E-state index contributed by atoms with van der Waals surface area (Å²) in [6.45, 7) is 13.1. The molecule has 2 heteroatoms. The van der Waals surface area contributed by atoms with E-state index in [9.17, 15) is 0 Å².